The molecule has 2 aromatic carbocycles. The molecule has 0 spiro atoms. The van der Waals surface area contributed by atoms with Gasteiger partial charge < -0.3 is 10.3 Å². The largest absolute Gasteiger partial charge is 0.398 e. The third-order valence-corrected chi connectivity index (χ3v) is 3.97. The average molecular weight is 315 g/mol. The summed E-state index contributed by atoms with van der Waals surface area (Å²) in [6.45, 7) is 2.94. The number of hydrogen-bond donors (Lipinski definition) is 1. The molecule has 0 bridgehead atoms. The maximum absolute atomic E-state index is 6.07. The minimum Gasteiger partial charge on any atom is -0.398 e. The Balaban J connectivity index is 2.04. The number of rotatable bonds is 2. The second-order valence-corrected chi connectivity index (χ2v) is 5.71. The van der Waals surface area contributed by atoms with E-state index in [1.807, 2.05) is 12.1 Å². The molecule has 2 N–H and O–H groups in total. The highest BCUT2D eigenvalue weighted by atomic mass is 79.9. The van der Waals surface area contributed by atoms with Gasteiger partial charge in [0.05, 0.1) is 0 Å². The summed E-state index contributed by atoms with van der Waals surface area (Å²) in [5.41, 5.74) is 10.6. The number of hydrogen-bond acceptors (Lipinski definition) is 1. The maximum Gasteiger partial charge on any atom is 0.0496 e. The summed E-state index contributed by atoms with van der Waals surface area (Å²) in [6.07, 6.45) is 2.12. The number of nitrogen functional groups attached to an aromatic ring is 1. The van der Waals surface area contributed by atoms with E-state index in [-0.39, 0.29) is 0 Å². The molecular weight excluding hydrogens is 300 g/mol. The van der Waals surface area contributed by atoms with Crippen LogP contribution in [0, 0.1) is 6.92 Å². The molecule has 2 nitrogen and oxygen atoms in total. The Labute approximate surface area is 121 Å². The van der Waals surface area contributed by atoms with E-state index in [0.717, 1.165) is 22.3 Å². The number of aryl methyl sites for hydroxylation is 1. The molecule has 0 aliphatic carbocycles. The van der Waals surface area contributed by atoms with Crippen LogP contribution in [0.5, 0.6) is 0 Å². The zero-order valence-corrected chi connectivity index (χ0v) is 12.3. The van der Waals surface area contributed by atoms with Crippen molar-refractivity contribution in [3.05, 3.63) is 64.3 Å². The molecule has 0 saturated carbocycles. The fraction of sp³-hybridized carbons (Fsp3) is 0.125. The Bertz CT molecular complexity index is 744. The number of fused-ring (bicyclic) bond motifs is 1. The van der Waals surface area contributed by atoms with Crippen molar-refractivity contribution in [1.29, 1.82) is 0 Å². The first kappa shape index (κ1) is 12.3. The molecule has 3 aromatic rings. The van der Waals surface area contributed by atoms with Crippen LogP contribution in [0.1, 0.15) is 11.1 Å². The predicted molar refractivity (Wildman–Crippen MR) is 84.3 cm³/mol. The van der Waals surface area contributed by atoms with E-state index >= 15 is 0 Å². The van der Waals surface area contributed by atoms with E-state index in [1.54, 1.807) is 0 Å². The Kier molecular flexibility index (Phi) is 3.07. The van der Waals surface area contributed by atoms with Crippen molar-refractivity contribution < 1.29 is 0 Å². The van der Waals surface area contributed by atoms with E-state index < -0.39 is 0 Å². The van der Waals surface area contributed by atoms with Crippen LogP contribution in [-0.2, 0) is 6.54 Å². The van der Waals surface area contributed by atoms with E-state index in [0.29, 0.717) is 0 Å². The molecule has 3 heteroatoms. The third kappa shape index (κ3) is 2.26. The molecule has 0 aliphatic rings. The van der Waals surface area contributed by atoms with Crippen LogP contribution >= 0.6 is 15.9 Å². The summed E-state index contributed by atoms with van der Waals surface area (Å²) in [7, 11) is 0. The van der Waals surface area contributed by atoms with E-state index in [1.165, 1.54) is 16.5 Å². The van der Waals surface area contributed by atoms with Gasteiger partial charge in [0.1, 0.15) is 0 Å². The quantitative estimate of drug-likeness (QED) is 0.701. The molecule has 1 heterocycles. The predicted octanol–water partition coefficient (Wildman–Crippen LogP) is 4.34. The standard InChI is InChI=1S/C16H15BrN2/c1-11-3-2-4-16-14(11)7-8-19(16)10-12-5-6-13(17)9-15(12)18/h2-9H,10,18H2,1H3. The van der Waals surface area contributed by atoms with Gasteiger partial charge in [-0.05, 0) is 42.3 Å². The van der Waals surface area contributed by atoms with Gasteiger partial charge in [0.2, 0.25) is 0 Å². The molecule has 0 atom stereocenters. The number of anilines is 1. The van der Waals surface area contributed by atoms with Crippen LogP contribution in [0.2, 0.25) is 0 Å². The van der Waals surface area contributed by atoms with Crippen molar-refractivity contribution in [3.8, 4) is 0 Å². The molecule has 0 aliphatic heterocycles. The molecule has 0 amide bonds. The lowest BCUT2D eigenvalue weighted by molar-refractivity contribution is 0.839. The first-order valence-electron chi connectivity index (χ1n) is 6.23. The first-order valence-corrected chi connectivity index (χ1v) is 7.03. The van der Waals surface area contributed by atoms with Crippen molar-refractivity contribution in [3.63, 3.8) is 0 Å². The van der Waals surface area contributed by atoms with Crippen molar-refractivity contribution in [1.82, 2.24) is 4.57 Å². The average Bonchev–Trinajstić information content (AvgIpc) is 2.78. The monoisotopic (exact) mass is 314 g/mol. The van der Waals surface area contributed by atoms with Crippen LogP contribution in [0.3, 0.4) is 0 Å². The minimum atomic E-state index is 0.798. The van der Waals surface area contributed by atoms with Crippen LogP contribution in [0.15, 0.2) is 53.1 Å². The van der Waals surface area contributed by atoms with Crippen LogP contribution in [-0.4, -0.2) is 4.57 Å². The number of nitrogens with zero attached hydrogens (tertiary/aromatic N) is 1. The Hall–Kier alpha value is -1.74. The van der Waals surface area contributed by atoms with Crippen LogP contribution in [0.25, 0.3) is 10.9 Å². The summed E-state index contributed by atoms with van der Waals surface area (Å²) < 4.78 is 3.25. The molecule has 0 fully saturated rings. The summed E-state index contributed by atoms with van der Waals surface area (Å²) >= 11 is 3.44. The van der Waals surface area contributed by atoms with Crippen LogP contribution in [0.4, 0.5) is 5.69 Å². The van der Waals surface area contributed by atoms with Gasteiger partial charge in [-0.15, -0.1) is 0 Å². The van der Waals surface area contributed by atoms with Gasteiger partial charge in [-0.25, -0.2) is 0 Å². The van der Waals surface area contributed by atoms with Gasteiger partial charge in [0.15, 0.2) is 0 Å². The second-order valence-electron chi connectivity index (χ2n) is 4.79. The van der Waals surface area contributed by atoms with Crippen molar-refractivity contribution in [2.24, 2.45) is 0 Å². The highest BCUT2D eigenvalue weighted by Gasteiger charge is 2.05. The highest BCUT2D eigenvalue weighted by molar-refractivity contribution is 9.10. The lowest BCUT2D eigenvalue weighted by Gasteiger charge is -2.09. The molecule has 0 radical (unpaired) electrons. The SMILES string of the molecule is Cc1cccc2c1ccn2Cc1ccc(Br)cc1N. The van der Waals surface area contributed by atoms with Gasteiger partial charge in [0, 0.05) is 33.8 Å². The molecule has 96 valence electrons. The smallest absolute Gasteiger partial charge is 0.0496 e. The zero-order valence-electron chi connectivity index (χ0n) is 10.7. The zero-order chi connectivity index (χ0) is 13.4. The Morgan fingerprint density at radius 2 is 2.00 bits per heavy atom. The Morgan fingerprint density at radius 3 is 2.79 bits per heavy atom. The maximum atomic E-state index is 6.07. The lowest BCUT2D eigenvalue weighted by atomic mass is 10.1. The third-order valence-electron chi connectivity index (χ3n) is 3.48. The first-order chi connectivity index (χ1) is 9.15. The lowest BCUT2D eigenvalue weighted by Crippen LogP contribution is -2.01. The van der Waals surface area contributed by atoms with Gasteiger partial charge in [0.25, 0.3) is 0 Å². The summed E-state index contributed by atoms with van der Waals surface area (Å²) in [6, 6.07) is 14.6. The van der Waals surface area contributed by atoms with E-state index in [4.69, 9.17) is 5.73 Å². The highest BCUT2D eigenvalue weighted by Crippen LogP contribution is 2.23. The summed E-state index contributed by atoms with van der Waals surface area (Å²) in [5, 5.41) is 1.30. The van der Waals surface area contributed by atoms with Crippen molar-refractivity contribution in [2.75, 3.05) is 5.73 Å². The second kappa shape index (κ2) is 4.74. The fourth-order valence-corrected chi connectivity index (χ4v) is 2.79. The normalized spacial score (nSPS) is 11.1. The number of aromatic nitrogens is 1. The van der Waals surface area contributed by atoms with Gasteiger partial charge in [-0.2, -0.15) is 0 Å². The van der Waals surface area contributed by atoms with E-state index in [9.17, 15) is 0 Å². The fourth-order valence-electron chi connectivity index (χ4n) is 2.41. The number of benzene rings is 2. The molecule has 3 rings (SSSR count). The molecule has 0 unspecified atom stereocenters. The number of nitrogens with two attached hydrogens (primary N) is 1. The Morgan fingerprint density at radius 1 is 1.16 bits per heavy atom. The van der Waals surface area contributed by atoms with Crippen molar-refractivity contribution >= 4 is 32.5 Å². The topological polar surface area (TPSA) is 30.9 Å². The summed E-state index contributed by atoms with van der Waals surface area (Å²) in [4.78, 5) is 0. The van der Waals surface area contributed by atoms with Crippen molar-refractivity contribution in [2.45, 2.75) is 13.5 Å². The molecular formula is C16H15BrN2. The van der Waals surface area contributed by atoms with E-state index in [2.05, 4.69) is 63.9 Å². The minimum absolute atomic E-state index is 0.798. The van der Waals surface area contributed by atoms with Crippen LogP contribution < -0.4 is 5.73 Å². The molecule has 1 aromatic heterocycles. The van der Waals surface area contributed by atoms with Gasteiger partial charge in [-0.3, -0.25) is 0 Å². The summed E-state index contributed by atoms with van der Waals surface area (Å²) in [5.74, 6) is 0. The van der Waals surface area contributed by atoms with Gasteiger partial charge in [-0.1, -0.05) is 34.1 Å². The molecule has 19 heavy (non-hydrogen) atoms. The number of halogens is 1. The van der Waals surface area contributed by atoms with Gasteiger partial charge >= 0.3 is 0 Å². The molecule has 0 saturated heterocycles.